The Hall–Kier alpha value is -1.03. The van der Waals surface area contributed by atoms with E-state index in [2.05, 4.69) is 17.4 Å². The summed E-state index contributed by atoms with van der Waals surface area (Å²) in [6, 6.07) is 6.79. The molecule has 3 nitrogen and oxygen atoms in total. The SMILES string of the molecule is O=S1CCC(Nc2ccc3c(c2)CCO3)CC1. The van der Waals surface area contributed by atoms with Crippen molar-refractivity contribution < 1.29 is 8.95 Å². The number of fused-ring (bicyclic) bond motifs is 1. The van der Waals surface area contributed by atoms with E-state index in [-0.39, 0.29) is 0 Å². The van der Waals surface area contributed by atoms with Gasteiger partial charge in [0, 0.05) is 40.5 Å². The standard InChI is InChI=1S/C13H17NO2S/c15-17-7-4-11(5-8-17)14-12-1-2-13-10(9-12)3-6-16-13/h1-2,9,11,14H,3-8H2. The van der Waals surface area contributed by atoms with Crippen molar-refractivity contribution in [1.29, 1.82) is 0 Å². The normalized spacial score (nSPS) is 27.3. The van der Waals surface area contributed by atoms with E-state index in [9.17, 15) is 4.21 Å². The highest BCUT2D eigenvalue weighted by Crippen LogP contribution is 2.28. The molecule has 1 N–H and O–H groups in total. The molecule has 1 aromatic rings. The maximum atomic E-state index is 11.3. The van der Waals surface area contributed by atoms with Gasteiger partial charge in [-0.2, -0.15) is 0 Å². The van der Waals surface area contributed by atoms with Crippen molar-refractivity contribution in [3.05, 3.63) is 23.8 Å². The molecule has 1 fully saturated rings. The van der Waals surface area contributed by atoms with Gasteiger partial charge in [-0.15, -0.1) is 0 Å². The van der Waals surface area contributed by atoms with Crippen LogP contribution in [0.5, 0.6) is 5.75 Å². The van der Waals surface area contributed by atoms with E-state index in [4.69, 9.17) is 4.74 Å². The summed E-state index contributed by atoms with van der Waals surface area (Å²) in [6.45, 7) is 0.807. The lowest BCUT2D eigenvalue weighted by molar-refractivity contribution is 0.357. The van der Waals surface area contributed by atoms with Crippen LogP contribution in [-0.4, -0.2) is 28.4 Å². The van der Waals surface area contributed by atoms with Crippen LogP contribution in [-0.2, 0) is 17.2 Å². The molecular weight excluding hydrogens is 234 g/mol. The quantitative estimate of drug-likeness (QED) is 0.873. The summed E-state index contributed by atoms with van der Waals surface area (Å²) in [4.78, 5) is 0. The molecule has 1 aromatic carbocycles. The molecule has 0 aliphatic carbocycles. The largest absolute Gasteiger partial charge is 0.493 e. The van der Waals surface area contributed by atoms with Crippen LogP contribution in [0.4, 0.5) is 5.69 Å². The number of nitrogens with one attached hydrogen (secondary N) is 1. The van der Waals surface area contributed by atoms with Crippen LogP contribution in [0.2, 0.25) is 0 Å². The van der Waals surface area contributed by atoms with Crippen molar-refractivity contribution >= 4 is 16.5 Å². The fourth-order valence-electron chi connectivity index (χ4n) is 2.45. The predicted molar refractivity (Wildman–Crippen MR) is 70.2 cm³/mol. The molecule has 4 heteroatoms. The van der Waals surface area contributed by atoms with Gasteiger partial charge in [-0.25, -0.2) is 0 Å². The van der Waals surface area contributed by atoms with E-state index < -0.39 is 10.8 Å². The molecule has 0 aromatic heterocycles. The van der Waals surface area contributed by atoms with Gasteiger partial charge in [0.2, 0.25) is 0 Å². The Kier molecular flexibility index (Phi) is 3.05. The molecule has 0 radical (unpaired) electrons. The lowest BCUT2D eigenvalue weighted by atomic mass is 10.1. The van der Waals surface area contributed by atoms with Gasteiger partial charge in [-0.3, -0.25) is 4.21 Å². The van der Waals surface area contributed by atoms with Gasteiger partial charge in [-0.1, -0.05) is 0 Å². The highest BCUT2D eigenvalue weighted by atomic mass is 32.2. The second-order valence-electron chi connectivity index (χ2n) is 4.69. The van der Waals surface area contributed by atoms with E-state index in [1.165, 1.54) is 11.3 Å². The maximum Gasteiger partial charge on any atom is 0.122 e. The maximum absolute atomic E-state index is 11.3. The van der Waals surface area contributed by atoms with Crippen LogP contribution in [0.1, 0.15) is 18.4 Å². The molecule has 0 saturated carbocycles. The van der Waals surface area contributed by atoms with Gasteiger partial charge < -0.3 is 10.1 Å². The third-order valence-corrected chi connectivity index (χ3v) is 4.83. The number of anilines is 1. The van der Waals surface area contributed by atoms with E-state index in [0.29, 0.717) is 6.04 Å². The van der Waals surface area contributed by atoms with Gasteiger partial charge >= 0.3 is 0 Å². The molecule has 0 bridgehead atoms. The summed E-state index contributed by atoms with van der Waals surface area (Å²) in [5.74, 6) is 2.71. The van der Waals surface area contributed by atoms with Crippen molar-refractivity contribution in [2.45, 2.75) is 25.3 Å². The Bertz CT molecular complexity index is 437. The molecule has 3 rings (SSSR count). The fraction of sp³-hybridized carbons (Fsp3) is 0.538. The molecule has 2 heterocycles. The average Bonchev–Trinajstić information content (AvgIpc) is 2.79. The molecule has 92 valence electrons. The summed E-state index contributed by atoms with van der Waals surface area (Å²) < 4.78 is 16.8. The topological polar surface area (TPSA) is 38.3 Å². The Balaban J connectivity index is 1.67. The molecule has 0 unspecified atom stereocenters. The monoisotopic (exact) mass is 251 g/mol. The van der Waals surface area contributed by atoms with E-state index in [0.717, 1.165) is 43.1 Å². The smallest absolute Gasteiger partial charge is 0.122 e. The van der Waals surface area contributed by atoms with Crippen molar-refractivity contribution in [2.24, 2.45) is 0 Å². The van der Waals surface area contributed by atoms with Crippen LogP contribution in [0.25, 0.3) is 0 Å². The Labute approximate surface area is 104 Å². The zero-order valence-corrected chi connectivity index (χ0v) is 10.6. The number of hydrogen-bond acceptors (Lipinski definition) is 3. The predicted octanol–water partition coefficient (Wildman–Crippen LogP) is 1.94. The first kappa shape index (κ1) is 11.1. The third kappa shape index (κ3) is 2.46. The molecule has 1 saturated heterocycles. The Morgan fingerprint density at radius 1 is 1.29 bits per heavy atom. The van der Waals surface area contributed by atoms with Crippen LogP contribution in [0.15, 0.2) is 18.2 Å². The summed E-state index contributed by atoms with van der Waals surface area (Å²) >= 11 is 0. The first-order chi connectivity index (χ1) is 8.31. The second kappa shape index (κ2) is 4.69. The van der Waals surface area contributed by atoms with Gasteiger partial charge in [0.15, 0.2) is 0 Å². The van der Waals surface area contributed by atoms with E-state index >= 15 is 0 Å². The lowest BCUT2D eigenvalue weighted by Gasteiger charge is -2.23. The molecule has 0 spiro atoms. The van der Waals surface area contributed by atoms with Gasteiger partial charge in [-0.05, 0) is 36.6 Å². The molecule has 2 aliphatic rings. The Morgan fingerprint density at radius 3 is 2.94 bits per heavy atom. The highest BCUT2D eigenvalue weighted by Gasteiger charge is 2.18. The van der Waals surface area contributed by atoms with Crippen LogP contribution < -0.4 is 10.1 Å². The van der Waals surface area contributed by atoms with Crippen molar-refractivity contribution in [2.75, 3.05) is 23.4 Å². The van der Waals surface area contributed by atoms with Crippen LogP contribution in [0, 0.1) is 0 Å². The minimum Gasteiger partial charge on any atom is -0.493 e. The molecule has 17 heavy (non-hydrogen) atoms. The zero-order valence-electron chi connectivity index (χ0n) is 9.78. The van der Waals surface area contributed by atoms with Crippen molar-refractivity contribution in [3.8, 4) is 5.75 Å². The molecule has 0 atom stereocenters. The number of rotatable bonds is 2. The highest BCUT2D eigenvalue weighted by molar-refractivity contribution is 7.85. The first-order valence-electron chi connectivity index (χ1n) is 6.18. The average molecular weight is 251 g/mol. The minimum atomic E-state index is -0.579. The van der Waals surface area contributed by atoms with Crippen molar-refractivity contribution in [1.82, 2.24) is 0 Å². The minimum absolute atomic E-state index is 0.480. The fourth-order valence-corrected chi connectivity index (χ4v) is 3.75. The summed E-state index contributed by atoms with van der Waals surface area (Å²) in [5, 5.41) is 3.54. The van der Waals surface area contributed by atoms with Gasteiger partial charge in [0.05, 0.1) is 6.61 Å². The molecule has 0 amide bonds. The first-order valence-corrected chi connectivity index (χ1v) is 7.67. The molecular formula is C13H17NO2S. The van der Waals surface area contributed by atoms with Crippen LogP contribution in [0.3, 0.4) is 0 Å². The van der Waals surface area contributed by atoms with E-state index in [1.54, 1.807) is 0 Å². The number of hydrogen-bond donors (Lipinski definition) is 1. The Morgan fingerprint density at radius 2 is 2.12 bits per heavy atom. The number of benzene rings is 1. The number of ether oxygens (including phenoxy) is 1. The van der Waals surface area contributed by atoms with Crippen molar-refractivity contribution in [3.63, 3.8) is 0 Å². The van der Waals surface area contributed by atoms with Gasteiger partial charge in [0.1, 0.15) is 5.75 Å². The third-order valence-electron chi connectivity index (χ3n) is 3.45. The zero-order chi connectivity index (χ0) is 11.7. The summed E-state index contributed by atoms with van der Waals surface area (Å²) in [5.41, 5.74) is 2.47. The molecule has 2 aliphatic heterocycles. The summed E-state index contributed by atoms with van der Waals surface area (Å²) in [7, 11) is -0.579. The second-order valence-corrected chi connectivity index (χ2v) is 6.38. The van der Waals surface area contributed by atoms with Gasteiger partial charge in [0.25, 0.3) is 0 Å². The lowest BCUT2D eigenvalue weighted by Crippen LogP contribution is -2.29. The van der Waals surface area contributed by atoms with E-state index in [1.807, 2.05) is 6.07 Å². The summed E-state index contributed by atoms with van der Waals surface area (Å²) in [6.07, 6.45) is 3.04. The van der Waals surface area contributed by atoms with Crippen LogP contribution >= 0.6 is 0 Å².